The minimum absolute atomic E-state index is 0.189. The second-order valence-corrected chi connectivity index (χ2v) is 9.02. The lowest BCUT2D eigenvalue weighted by molar-refractivity contribution is -0.114. The van der Waals surface area contributed by atoms with Crippen LogP contribution in [-0.2, 0) is 9.53 Å². The number of nitrogens with one attached hydrogen (secondary N) is 3. The highest BCUT2D eigenvalue weighted by Gasteiger charge is 2.18. The topological polar surface area (TPSA) is 96.5 Å². The van der Waals surface area contributed by atoms with Crippen molar-refractivity contribution < 1.29 is 19.1 Å². The Morgan fingerprint density at radius 2 is 1.59 bits per heavy atom. The van der Waals surface area contributed by atoms with Gasteiger partial charge in [0.15, 0.2) is 0 Å². The van der Waals surface area contributed by atoms with E-state index in [0.717, 1.165) is 10.4 Å². The van der Waals surface area contributed by atoms with Gasteiger partial charge in [-0.25, -0.2) is 4.79 Å². The third kappa shape index (κ3) is 6.42. The van der Waals surface area contributed by atoms with Crippen LogP contribution in [0, 0.1) is 0 Å². The highest BCUT2D eigenvalue weighted by Crippen LogP contribution is 2.32. The molecule has 0 radical (unpaired) electrons. The Hall–Kier alpha value is -3.65. The average Bonchev–Trinajstić information content (AvgIpc) is 3.22. The first kappa shape index (κ1) is 23.0. The van der Waals surface area contributed by atoms with Gasteiger partial charge in [0.2, 0.25) is 5.91 Å². The summed E-state index contributed by atoms with van der Waals surface area (Å²) in [4.78, 5) is 37.4. The minimum atomic E-state index is -0.653. The maximum absolute atomic E-state index is 12.9. The molecule has 1 aromatic heterocycles. The first-order valence-electron chi connectivity index (χ1n) is 9.98. The fraction of sp³-hybridized carbons (Fsp3) is 0.208. The summed E-state index contributed by atoms with van der Waals surface area (Å²) in [6.45, 7) is 6.75. The summed E-state index contributed by atoms with van der Waals surface area (Å²) in [7, 11) is 0. The Morgan fingerprint density at radius 1 is 0.875 bits per heavy atom. The third-order valence-electron chi connectivity index (χ3n) is 4.18. The number of anilines is 3. The van der Waals surface area contributed by atoms with Crippen molar-refractivity contribution in [2.75, 3.05) is 16.0 Å². The van der Waals surface area contributed by atoms with E-state index in [0.29, 0.717) is 22.6 Å². The van der Waals surface area contributed by atoms with E-state index in [-0.39, 0.29) is 11.8 Å². The summed E-state index contributed by atoms with van der Waals surface area (Å²) < 4.78 is 5.34. The van der Waals surface area contributed by atoms with E-state index in [4.69, 9.17) is 4.74 Å². The Kier molecular flexibility index (Phi) is 6.95. The summed E-state index contributed by atoms with van der Waals surface area (Å²) in [6.07, 6.45) is -0.614. The number of amides is 3. The normalized spacial score (nSPS) is 10.9. The zero-order valence-electron chi connectivity index (χ0n) is 18.3. The molecule has 2 aromatic carbocycles. The van der Waals surface area contributed by atoms with Crippen LogP contribution in [0.3, 0.4) is 0 Å². The van der Waals surface area contributed by atoms with Crippen LogP contribution in [0.1, 0.15) is 38.1 Å². The van der Waals surface area contributed by atoms with Gasteiger partial charge in [-0.05, 0) is 74.2 Å². The van der Waals surface area contributed by atoms with Crippen LogP contribution in [0.2, 0.25) is 0 Å². The summed E-state index contributed by atoms with van der Waals surface area (Å²) in [6, 6.07) is 15.9. The fourth-order valence-corrected chi connectivity index (χ4v) is 3.59. The van der Waals surface area contributed by atoms with E-state index >= 15 is 0 Å². The zero-order chi connectivity index (χ0) is 23.3. The number of carbonyl (C=O) groups is 3. The van der Waals surface area contributed by atoms with E-state index in [1.807, 2.05) is 29.6 Å². The molecule has 1 heterocycles. The highest BCUT2D eigenvalue weighted by molar-refractivity contribution is 7.13. The molecule has 3 N–H and O–H groups in total. The van der Waals surface area contributed by atoms with E-state index in [1.54, 1.807) is 62.4 Å². The number of hydrogen-bond donors (Lipinski definition) is 3. The van der Waals surface area contributed by atoms with E-state index in [1.165, 1.54) is 6.92 Å². The molecular formula is C24H25N3O4S. The number of thiophene rings is 1. The van der Waals surface area contributed by atoms with Crippen molar-refractivity contribution in [3.8, 4) is 10.4 Å². The number of hydrogen-bond acceptors (Lipinski definition) is 5. The molecule has 3 aromatic rings. The Labute approximate surface area is 190 Å². The first-order valence-corrected chi connectivity index (χ1v) is 10.9. The SMILES string of the molecule is CC(=O)Nc1ccc(C(=O)Nc2cc(-c3cccs3)ccc2NC(=O)OC(C)(C)C)cc1. The lowest BCUT2D eigenvalue weighted by atomic mass is 10.1. The van der Waals surface area contributed by atoms with Gasteiger partial charge in [-0.15, -0.1) is 11.3 Å². The summed E-state index contributed by atoms with van der Waals surface area (Å²) in [5.74, 6) is -0.541. The highest BCUT2D eigenvalue weighted by atomic mass is 32.1. The molecule has 0 aliphatic rings. The summed E-state index contributed by atoms with van der Waals surface area (Å²) in [5, 5.41) is 10.2. The second-order valence-electron chi connectivity index (χ2n) is 8.08. The van der Waals surface area contributed by atoms with Crippen LogP contribution in [0.4, 0.5) is 21.9 Å². The van der Waals surface area contributed by atoms with Crippen LogP contribution >= 0.6 is 11.3 Å². The second kappa shape index (κ2) is 9.65. The molecule has 0 aliphatic carbocycles. The molecular weight excluding hydrogens is 426 g/mol. The molecule has 0 atom stereocenters. The van der Waals surface area contributed by atoms with Crippen molar-refractivity contribution in [2.24, 2.45) is 0 Å². The molecule has 3 amide bonds. The predicted octanol–water partition coefficient (Wildman–Crippen LogP) is 5.97. The van der Waals surface area contributed by atoms with Crippen LogP contribution in [0.5, 0.6) is 0 Å². The van der Waals surface area contributed by atoms with Crippen molar-refractivity contribution in [3.05, 3.63) is 65.5 Å². The van der Waals surface area contributed by atoms with Crippen LogP contribution in [0.25, 0.3) is 10.4 Å². The number of rotatable bonds is 5. The molecule has 0 bridgehead atoms. The molecule has 0 fully saturated rings. The molecule has 0 aliphatic heterocycles. The molecule has 0 saturated heterocycles. The lowest BCUT2D eigenvalue weighted by Gasteiger charge is -2.21. The number of benzene rings is 2. The number of carbonyl (C=O) groups excluding carboxylic acids is 3. The Bertz CT molecular complexity index is 1120. The molecule has 0 spiro atoms. The van der Waals surface area contributed by atoms with Gasteiger partial charge in [0.1, 0.15) is 5.60 Å². The van der Waals surface area contributed by atoms with Crippen molar-refractivity contribution in [1.29, 1.82) is 0 Å². The maximum Gasteiger partial charge on any atom is 0.412 e. The van der Waals surface area contributed by atoms with Crippen molar-refractivity contribution >= 4 is 46.3 Å². The van der Waals surface area contributed by atoms with Crippen LogP contribution in [-0.4, -0.2) is 23.5 Å². The van der Waals surface area contributed by atoms with Gasteiger partial charge in [-0.3, -0.25) is 14.9 Å². The van der Waals surface area contributed by atoms with Gasteiger partial charge >= 0.3 is 6.09 Å². The van der Waals surface area contributed by atoms with Gasteiger partial charge in [-0.2, -0.15) is 0 Å². The van der Waals surface area contributed by atoms with Gasteiger partial charge < -0.3 is 15.4 Å². The first-order chi connectivity index (χ1) is 15.1. The standard InChI is InChI=1S/C24H25N3O4S/c1-15(28)25-18-10-7-16(8-11-18)22(29)26-20-14-17(21-6-5-13-32-21)9-12-19(20)27-23(30)31-24(2,3)4/h5-14H,1-4H3,(H,25,28)(H,26,29)(H,27,30). The Balaban J connectivity index is 1.86. The average molecular weight is 452 g/mol. The molecule has 0 unspecified atom stereocenters. The van der Waals surface area contributed by atoms with Crippen LogP contribution in [0.15, 0.2) is 60.0 Å². The molecule has 8 heteroatoms. The quantitative estimate of drug-likeness (QED) is 0.445. The molecule has 166 valence electrons. The Morgan fingerprint density at radius 3 is 2.19 bits per heavy atom. The van der Waals surface area contributed by atoms with Gasteiger partial charge in [0.25, 0.3) is 5.91 Å². The monoisotopic (exact) mass is 451 g/mol. The van der Waals surface area contributed by atoms with Gasteiger partial charge in [-0.1, -0.05) is 12.1 Å². The van der Waals surface area contributed by atoms with Gasteiger partial charge in [0.05, 0.1) is 11.4 Å². The van der Waals surface area contributed by atoms with E-state index in [2.05, 4.69) is 16.0 Å². The minimum Gasteiger partial charge on any atom is -0.444 e. The zero-order valence-corrected chi connectivity index (χ0v) is 19.1. The number of ether oxygens (including phenoxy) is 1. The molecule has 3 rings (SSSR count). The summed E-state index contributed by atoms with van der Waals surface area (Å²) in [5.41, 5.74) is 2.12. The van der Waals surface area contributed by atoms with Gasteiger partial charge in [0, 0.05) is 23.1 Å². The molecule has 0 saturated carbocycles. The summed E-state index contributed by atoms with van der Waals surface area (Å²) >= 11 is 1.57. The lowest BCUT2D eigenvalue weighted by Crippen LogP contribution is -2.27. The van der Waals surface area contributed by atoms with E-state index in [9.17, 15) is 14.4 Å². The fourth-order valence-electron chi connectivity index (χ4n) is 2.87. The van der Waals surface area contributed by atoms with E-state index < -0.39 is 11.7 Å². The largest absolute Gasteiger partial charge is 0.444 e. The third-order valence-corrected chi connectivity index (χ3v) is 5.10. The van der Waals surface area contributed by atoms with Crippen LogP contribution < -0.4 is 16.0 Å². The predicted molar refractivity (Wildman–Crippen MR) is 128 cm³/mol. The van der Waals surface area contributed by atoms with Crippen molar-refractivity contribution in [3.63, 3.8) is 0 Å². The molecule has 7 nitrogen and oxygen atoms in total. The maximum atomic E-state index is 12.9. The van der Waals surface area contributed by atoms with Crippen molar-refractivity contribution in [1.82, 2.24) is 0 Å². The smallest absolute Gasteiger partial charge is 0.412 e. The molecule has 32 heavy (non-hydrogen) atoms. The van der Waals surface area contributed by atoms with Crippen molar-refractivity contribution in [2.45, 2.75) is 33.3 Å².